The van der Waals surface area contributed by atoms with Crippen LogP contribution in [0.3, 0.4) is 0 Å². The van der Waals surface area contributed by atoms with Crippen LogP contribution in [-0.4, -0.2) is 13.2 Å². The molecule has 1 heterocycles. The van der Waals surface area contributed by atoms with Crippen molar-refractivity contribution in [1.29, 1.82) is 0 Å². The lowest BCUT2D eigenvalue weighted by atomic mass is 9.90. The van der Waals surface area contributed by atoms with Crippen molar-refractivity contribution in [2.24, 2.45) is 0 Å². The normalized spacial score (nSPS) is 26.4. The monoisotopic (exact) mass is 267 g/mol. The molecule has 2 unspecified atom stereocenters. The number of rotatable bonds is 2. The molecule has 2 aromatic rings. The molecular formula is C18H21NO. The van der Waals surface area contributed by atoms with Crippen LogP contribution < -0.4 is 5.32 Å². The smallest absolute Gasteiger partial charge is 0.0953 e. The van der Waals surface area contributed by atoms with Crippen LogP contribution in [0.1, 0.15) is 29.7 Å². The quantitative estimate of drug-likeness (QED) is 0.898. The van der Waals surface area contributed by atoms with Crippen molar-refractivity contribution in [2.75, 3.05) is 13.2 Å². The fourth-order valence-corrected chi connectivity index (χ4v) is 2.83. The third kappa shape index (κ3) is 2.49. The number of morpholine rings is 1. The third-order valence-electron chi connectivity index (χ3n) is 4.20. The van der Waals surface area contributed by atoms with Gasteiger partial charge in [-0.15, -0.1) is 0 Å². The lowest BCUT2D eigenvalue weighted by Crippen LogP contribution is -2.50. The van der Waals surface area contributed by atoms with Gasteiger partial charge in [-0.1, -0.05) is 54.6 Å². The highest BCUT2D eigenvalue weighted by molar-refractivity contribution is 5.30. The Hall–Kier alpha value is -1.64. The van der Waals surface area contributed by atoms with Crippen LogP contribution in [0.5, 0.6) is 0 Å². The number of benzene rings is 2. The van der Waals surface area contributed by atoms with Gasteiger partial charge in [0.2, 0.25) is 0 Å². The predicted octanol–water partition coefficient (Wildman–Crippen LogP) is 3.57. The van der Waals surface area contributed by atoms with E-state index < -0.39 is 0 Å². The fourth-order valence-electron chi connectivity index (χ4n) is 2.83. The summed E-state index contributed by atoms with van der Waals surface area (Å²) in [6.07, 6.45) is 0.146. The van der Waals surface area contributed by atoms with E-state index in [1.54, 1.807) is 0 Å². The Morgan fingerprint density at radius 1 is 1.05 bits per heavy atom. The molecule has 0 spiro atoms. The topological polar surface area (TPSA) is 21.3 Å². The van der Waals surface area contributed by atoms with Gasteiger partial charge in [0.25, 0.3) is 0 Å². The Kier molecular flexibility index (Phi) is 3.60. The van der Waals surface area contributed by atoms with Crippen molar-refractivity contribution in [3.8, 4) is 0 Å². The van der Waals surface area contributed by atoms with E-state index in [2.05, 4.69) is 67.7 Å². The Bertz CT molecular complexity index is 571. The van der Waals surface area contributed by atoms with Gasteiger partial charge in [0.1, 0.15) is 0 Å². The molecule has 3 rings (SSSR count). The SMILES string of the molecule is Cc1ccccc1C1CNC(C)(c2ccccc2)CO1. The largest absolute Gasteiger partial charge is 0.370 e. The number of ether oxygens (including phenoxy) is 1. The van der Waals surface area contributed by atoms with Gasteiger partial charge in [-0.2, -0.15) is 0 Å². The first-order valence-electron chi connectivity index (χ1n) is 7.17. The van der Waals surface area contributed by atoms with Crippen LogP contribution in [0.15, 0.2) is 54.6 Å². The van der Waals surface area contributed by atoms with Crippen molar-refractivity contribution in [2.45, 2.75) is 25.5 Å². The van der Waals surface area contributed by atoms with E-state index in [1.807, 2.05) is 6.07 Å². The molecule has 1 fully saturated rings. The van der Waals surface area contributed by atoms with Crippen LogP contribution in [0.2, 0.25) is 0 Å². The van der Waals surface area contributed by atoms with Gasteiger partial charge < -0.3 is 10.1 Å². The van der Waals surface area contributed by atoms with Gasteiger partial charge in [0, 0.05) is 6.54 Å². The van der Waals surface area contributed by atoms with Crippen LogP contribution in [0.25, 0.3) is 0 Å². The Labute approximate surface area is 120 Å². The summed E-state index contributed by atoms with van der Waals surface area (Å²) >= 11 is 0. The Morgan fingerprint density at radius 2 is 1.75 bits per heavy atom. The predicted molar refractivity (Wildman–Crippen MR) is 81.7 cm³/mol. The van der Waals surface area contributed by atoms with Gasteiger partial charge in [-0.3, -0.25) is 0 Å². The summed E-state index contributed by atoms with van der Waals surface area (Å²) in [4.78, 5) is 0. The van der Waals surface area contributed by atoms with E-state index >= 15 is 0 Å². The molecule has 0 saturated carbocycles. The van der Waals surface area contributed by atoms with E-state index in [1.165, 1.54) is 16.7 Å². The second-order valence-electron chi connectivity index (χ2n) is 5.74. The average molecular weight is 267 g/mol. The summed E-state index contributed by atoms with van der Waals surface area (Å²) < 4.78 is 6.15. The Balaban J connectivity index is 1.76. The van der Waals surface area contributed by atoms with Crippen molar-refractivity contribution in [1.82, 2.24) is 5.32 Å². The zero-order chi connectivity index (χ0) is 14.0. The maximum Gasteiger partial charge on any atom is 0.0953 e. The second kappa shape index (κ2) is 5.39. The maximum atomic E-state index is 6.15. The summed E-state index contributed by atoms with van der Waals surface area (Å²) in [7, 11) is 0. The molecule has 0 amide bonds. The van der Waals surface area contributed by atoms with Gasteiger partial charge in [-0.05, 0) is 30.5 Å². The van der Waals surface area contributed by atoms with E-state index in [0.717, 1.165) is 6.54 Å². The molecule has 0 aromatic heterocycles. The van der Waals surface area contributed by atoms with Crippen LogP contribution in [-0.2, 0) is 10.3 Å². The molecule has 0 radical (unpaired) electrons. The molecule has 20 heavy (non-hydrogen) atoms. The molecule has 1 aliphatic heterocycles. The second-order valence-corrected chi connectivity index (χ2v) is 5.74. The average Bonchev–Trinajstić information content (AvgIpc) is 2.50. The third-order valence-corrected chi connectivity index (χ3v) is 4.20. The summed E-state index contributed by atoms with van der Waals surface area (Å²) in [6, 6.07) is 19.0. The molecule has 2 heteroatoms. The Morgan fingerprint density at radius 3 is 2.40 bits per heavy atom. The zero-order valence-electron chi connectivity index (χ0n) is 12.1. The van der Waals surface area contributed by atoms with Crippen LogP contribution in [0.4, 0.5) is 0 Å². The van der Waals surface area contributed by atoms with Crippen molar-refractivity contribution < 1.29 is 4.74 Å². The molecule has 2 atom stereocenters. The van der Waals surface area contributed by atoms with Crippen molar-refractivity contribution in [3.63, 3.8) is 0 Å². The molecule has 2 nitrogen and oxygen atoms in total. The first kappa shape index (κ1) is 13.3. The molecule has 0 aliphatic carbocycles. The van der Waals surface area contributed by atoms with Crippen LogP contribution in [0, 0.1) is 6.92 Å². The minimum atomic E-state index is -0.0968. The molecular weight excluding hydrogens is 246 g/mol. The zero-order valence-corrected chi connectivity index (χ0v) is 12.1. The highest BCUT2D eigenvalue weighted by atomic mass is 16.5. The summed E-state index contributed by atoms with van der Waals surface area (Å²) in [5.74, 6) is 0. The summed E-state index contributed by atoms with van der Waals surface area (Å²) in [6.45, 7) is 5.88. The number of aryl methyl sites for hydroxylation is 1. The molecule has 0 bridgehead atoms. The van der Waals surface area contributed by atoms with E-state index in [4.69, 9.17) is 4.74 Å². The summed E-state index contributed by atoms with van der Waals surface area (Å²) in [5.41, 5.74) is 3.77. The number of hydrogen-bond acceptors (Lipinski definition) is 2. The standard InChI is InChI=1S/C18H21NO/c1-14-8-6-7-11-16(14)17-12-19-18(2,13-20-17)15-9-4-3-5-10-15/h3-11,17,19H,12-13H2,1-2H3. The molecule has 1 saturated heterocycles. The highest BCUT2D eigenvalue weighted by Gasteiger charge is 2.33. The van der Waals surface area contributed by atoms with Crippen LogP contribution >= 0.6 is 0 Å². The van der Waals surface area contributed by atoms with Gasteiger partial charge >= 0.3 is 0 Å². The highest BCUT2D eigenvalue weighted by Crippen LogP contribution is 2.30. The molecule has 104 valence electrons. The summed E-state index contributed by atoms with van der Waals surface area (Å²) in [5, 5.41) is 3.66. The molecule has 2 aromatic carbocycles. The van der Waals surface area contributed by atoms with E-state index in [-0.39, 0.29) is 11.6 Å². The lowest BCUT2D eigenvalue weighted by molar-refractivity contribution is -0.0310. The van der Waals surface area contributed by atoms with E-state index in [0.29, 0.717) is 6.61 Å². The number of hydrogen-bond donors (Lipinski definition) is 1. The van der Waals surface area contributed by atoms with Gasteiger partial charge in [0.05, 0.1) is 18.2 Å². The lowest BCUT2D eigenvalue weighted by Gasteiger charge is -2.39. The molecule has 1 N–H and O–H groups in total. The van der Waals surface area contributed by atoms with Crippen molar-refractivity contribution >= 4 is 0 Å². The minimum Gasteiger partial charge on any atom is -0.370 e. The maximum absolute atomic E-state index is 6.15. The number of nitrogens with one attached hydrogen (secondary N) is 1. The first-order chi connectivity index (χ1) is 9.69. The van der Waals surface area contributed by atoms with Crippen molar-refractivity contribution in [3.05, 3.63) is 71.3 Å². The minimum absolute atomic E-state index is 0.0968. The molecule has 1 aliphatic rings. The van der Waals surface area contributed by atoms with Gasteiger partial charge in [0.15, 0.2) is 0 Å². The van der Waals surface area contributed by atoms with E-state index in [9.17, 15) is 0 Å². The fraction of sp³-hybridized carbons (Fsp3) is 0.333. The first-order valence-corrected chi connectivity index (χ1v) is 7.17. The van der Waals surface area contributed by atoms with Gasteiger partial charge in [-0.25, -0.2) is 0 Å².